The molecular formula is C24H26F3N5O2. The number of aryl methyl sites for hydroxylation is 1. The fourth-order valence-corrected chi connectivity index (χ4v) is 4.59. The van der Waals surface area contributed by atoms with E-state index in [1.807, 2.05) is 18.7 Å². The number of aromatic nitrogens is 3. The average molecular weight is 473 g/mol. The van der Waals surface area contributed by atoms with Crippen LogP contribution in [0.2, 0.25) is 0 Å². The lowest BCUT2D eigenvalue weighted by Crippen LogP contribution is -2.49. The number of carbonyl (C=O) groups is 1. The smallest absolute Gasteiger partial charge is 0.310 e. The maximum absolute atomic E-state index is 14.7. The van der Waals surface area contributed by atoms with Gasteiger partial charge in [0.25, 0.3) is 0 Å². The van der Waals surface area contributed by atoms with Crippen molar-refractivity contribution in [1.29, 1.82) is 0 Å². The number of anilines is 2. The molecule has 7 nitrogen and oxygen atoms in total. The summed E-state index contributed by atoms with van der Waals surface area (Å²) in [5, 5.41) is 20.0. The van der Waals surface area contributed by atoms with Crippen molar-refractivity contribution in [3.05, 3.63) is 70.8 Å². The molecule has 1 aliphatic rings. The van der Waals surface area contributed by atoms with Crippen LogP contribution in [0, 0.1) is 29.8 Å². The van der Waals surface area contributed by atoms with Gasteiger partial charge in [0.05, 0.1) is 11.1 Å². The third-order valence-electron chi connectivity index (χ3n) is 6.34. The fraction of sp³-hybridized carbons (Fsp3) is 0.375. The van der Waals surface area contributed by atoms with E-state index in [0.717, 1.165) is 11.8 Å². The molecule has 4 rings (SSSR count). The van der Waals surface area contributed by atoms with Gasteiger partial charge in [-0.2, -0.15) is 5.10 Å². The van der Waals surface area contributed by atoms with E-state index in [4.69, 9.17) is 0 Å². The molecule has 3 N–H and O–H groups in total. The number of likely N-dealkylation sites (tertiary alicyclic amines) is 1. The molecule has 0 radical (unpaired) electrons. The molecule has 3 aromatic rings. The Morgan fingerprint density at radius 1 is 1.21 bits per heavy atom. The maximum Gasteiger partial charge on any atom is 0.310 e. The second-order valence-electron chi connectivity index (χ2n) is 9.00. The number of H-pyrrole nitrogens is 1. The predicted octanol–water partition coefficient (Wildman–Crippen LogP) is 4.57. The predicted molar refractivity (Wildman–Crippen MR) is 120 cm³/mol. The fourth-order valence-electron chi connectivity index (χ4n) is 4.59. The Morgan fingerprint density at radius 3 is 2.56 bits per heavy atom. The van der Waals surface area contributed by atoms with E-state index in [9.17, 15) is 23.1 Å². The normalized spacial score (nSPS) is 20.9. The van der Waals surface area contributed by atoms with Gasteiger partial charge < -0.3 is 10.4 Å². The van der Waals surface area contributed by atoms with Crippen LogP contribution in [0.4, 0.5) is 24.8 Å². The first-order valence-corrected chi connectivity index (χ1v) is 11.0. The molecule has 0 spiro atoms. The highest BCUT2D eigenvalue weighted by Crippen LogP contribution is 2.39. The van der Waals surface area contributed by atoms with Gasteiger partial charge in [0.2, 0.25) is 0 Å². The van der Waals surface area contributed by atoms with Gasteiger partial charge in [0.15, 0.2) is 5.82 Å². The standard InChI is InChI=1S/C24H26F3N5O2/c1-14-7-22(31-30-14)29-21-4-3-19(27)20(28-21)12-24(23(33)34)5-6-32(15(2)11-24)13-16-8-17(25)10-18(26)9-16/h3-4,7-10,15H,5-6,11-13H2,1-2H3,(H,33,34)(H2,28,29,30,31)/t15-,24-/m1/s1. The van der Waals surface area contributed by atoms with Gasteiger partial charge in [0.1, 0.15) is 23.3 Å². The third kappa shape index (κ3) is 5.22. The Hall–Kier alpha value is -3.40. The van der Waals surface area contributed by atoms with Crippen molar-refractivity contribution in [1.82, 2.24) is 20.1 Å². The van der Waals surface area contributed by atoms with Gasteiger partial charge in [-0.1, -0.05) is 0 Å². The molecule has 1 fully saturated rings. The molecule has 0 aliphatic carbocycles. The molecule has 0 amide bonds. The van der Waals surface area contributed by atoms with Crippen molar-refractivity contribution in [2.75, 3.05) is 11.9 Å². The third-order valence-corrected chi connectivity index (χ3v) is 6.34. The summed E-state index contributed by atoms with van der Waals surface area (Å²) in [7, 11) is 0. The van der Waals surface area contributed by atoms with Crippen molar-refractivity contribution in [3.8, 4) is 0 Å². The minimum Gasteiger partial charge on any atom is -0.481 e. The van der Waals surface area contributed by atoms with Gasteiger partial charge in [-0.15, -0.1) is 0 Å². The van der Waals surface area contributed by atoms with Gasteiger partial charge in [-0.05, 0) is 63.1 Å². The molecule has 2 atom stereocenters. The van der Waals surface area contributed by atoms with E-state index in [2.05, 4.69) is 20.5 Å². The topological polar surface area (TPSA) is 94.1 Å². The lowest BCUT2D eigenvalue weighted by molar-refractivity contribution is -0.153. The summed E-state index contributed by atoms with van der Waals surface area (Å²) in [6, 6.07) is 7.66. The second kappa shape index (κ2) is 9.46. The molecule has 0 bridgehead atoms. The van der Waals surface area contributed by atoms with Crippen LogP contribution >= 0.6 is 0 Å². The molecule has 1 aromatic carbocycles. The number of rotatable bonds is 7. The number of aliphatic carboxylic acids is 1. The van der Waals surface area contributed by atoms with Crippen molar-refractivity contribution in [2.24, 2.45) is 5.41 Å². The number of halogens is 3. The zero-order valence-corrected chi connectivity index (χ0v) is 18.9. The van der Waals surface area contributed by atoms with Crippen molar-refractivity contribution < 1.29 is 23.1 Å². The monoisotopic (exact) mass is 473 g/mol. The Balaban J connectivity index is 1.51. The minimum absolute atomic E-state index is 0.0625. The first-order valence-electron chi connectivity index (χ1n) is 11.0. The summed E-state index contributed by atoms with van der Waals surface area (Å²) in [5.74, 6) is -2.01. The Morgan fingerprint density at radius 2 is 1.94 bits per heavy atom. The molecule has 10 heteroatoms. The quantitative estimate of drug-likeness (QED) is 0.465. The number of aromatic amines is 1. The summed E-state index contributed by atoms with van der Waals surface area (Å²) in [6.45, 7) is 4.39. The highest BCUT2D eigenvalue weighted by Gasteiger charge is 2.45. The van der Waals surface area contributed by atoms with Crippen molar-refractivity contribution >= 4 is 17.6 Å². The van der Waals surface area contributed by atoms with Gasteiger partial charge >= 0.3 is 5.97 Å². The second-order valence-corrected chi connectivity index (χ2v) is 9.00. The molecule has 1 aliphatic heterocycles. The van der Waals surface area contributed by atoms with E-state index in [1.165, 1.54) is 24.3 Å². The van der Waals surface area contributed by atoms with Gasteiger partial charge in [0, 0.05) is 36.8 Å². The number of pyridine rings is 1. The van der Waals surface area contributed by atoms with Crippen LogP contribution in [0.5, 0.6) is 0 Å². The summed E-state index contributed by atoms with van der Waals surface area (Å²) < 4.78 is 41.8. The van der Waals surface area contributed by atoms with Gasteiger partial charge in [-0.3, -0.25) is 14.8 Å². The molecule has 2 aromatic heterocycles. The molecule has 1 saturated heterocycles. The van der Waals surface area contributed by atoms with Crippen LogP contribution in [0.25, 0.3) is 0 Å². The molecule has 34 heavy (non-hydrogen) atoms. The zero-order chi connectivity index (χ0) is 24.5. The van der Waals surface area contributed by atoms with Crippen molar-refractivity contribution in [3.63, 3.8) is 0 Å². The van der Waals surface area contributed by atoms with Gasteiger partial charge in [-0.25, -0.2) is 18.2 Å². The number of nitrogens with zero attached hydrogens (tertiary/aromatic N) is 3. The van der Waals surface area contributed by atoms with Crippen LogP contribution < -0.4 is 5.32 Å². The summed E-state index contributed by atoms with van der Waals surface area (Å²) in [6.07, 6.45) is 0.426. The number of piperidine rings is 1. The number of carboxylic acid groups (broad SMARTS) is 1. The largest absolute Gasteiger partial charge is 0.481 e. The van der Waals surface area contributed by atoms with Crippen molar-refractivity contribution in [2.45, 2.75) is 45.7 Å². The number of carboxylic acids is 1. The summed E-state index contributed by atoms with van der Waals surface area (Å²) in [5.41, 5.74) is 0.176. The molecule has 3 heterocycles. The Labute approximate surface area is 195 Å². The van der Waals surface area contributed by atoms with Crippen LogP contribution in [0.3, 0.4) is 0 Å². The lowest BCUT2D eigenvalue weighted by Gasteiger charge is -2.43. The van der Waals surface area contributed by atoms with Crippen LogP contribution in [-0.2, 0) is 17.8 Å². The SMILES string of the molecule is Cc1cc(Nc2ccc(F)c(C[C@@]3(C(=O)O)CCN(Cc4cc(F)cc(F)c4)[C@H](C)C3)n2)n[nH]1. The first-order chi connectivity index (χ1) is 16.1. The number of nitrogens with one attached hydrogen (secondary N) is 2. The molecule has 0 saturated carbocycles. The zero-order valence-electron chi connectivity index (χ0n) is 18.9. The average Bonchev–Trinajstić information content (AvgIpc) is 3.16. The summed E-state index contributed by atoms with van der Waals surface area (Å²) in [4.78, 5) is 18.7. The Bertz CT molecular complexity index is 1180. The van der Waals surface area contributed by atoms with E-state index in [0.29, 0.717) is 30.3 Å². The lowest BCUT2D eigenvalue weighted by atomic mass is 9.72. The number of hydrogen-bond donors (Lipinski definition) is 3. The van der Waals surface area contributed by atoms with E-state index in [1.54, 1.807) is 6.07 Å². The van der Waals surface area contributed by atoms with Crippen LogP contribution in [-0.4, -0.2) is 43.7 Å². The highest BCUT2D eigenvalue weighted by atomic mass is 19.1. The number of benzene rings is 1. The highest BCUT2D eigenvalue weighted by molar-refractivity contribution is 5.75. The van der Waals surface area contributed by atoms with E-state index < -0.39 is 28.8 Å². The maximum atomic E-state index is 14.7. The molecular weight excluding hydrogens is 447 g/mol. The minimum atomic E-state index is -1.21. The Kier molecular flexibility index (Phi) is 6.60. The van der Waals surface area contributed by atoms with Crippen LogP contribution in [0.1, 0.15) is 36.7 Å². The first kappa shape index (κ1) is 23.7. The summed E-state index contributed by atoms with van der Waals surface area (Å²) >= 11 is 0. The van der Waals surface area contributed by atoms with Crippen LogP contribution in [0.15, 0.2) is 36.4 Å². The molecule has 0 unspecified atom stereocenters. The van der Waals surface area contributed by atoms with E-state index in [-0.39, 0.29) is 31.0 Å². The molecule has 180 valence electrons. The van der Waals surface area contributed by atoms with E-state index >= 15 is 0 Å². The number of hydrogen-bond acceptors (Lipinski definition) is 5.